The number of rotatable bonds is 4. The molecular weight excluding hydrogens is 324 g/mol. The normalized spacial score (nSPS) is 13.0. The molecule has 0 fully saturated rings. The first-order valence-corrected chi connectivity index (χ1v) is 8.91. The fourth-order valence-corrected chi connectivity index (χ4v) is 3.37. The number of aromatic nitrogens is 2. The second kappa shape index (κ2) is 6.02. The van der Waals surface area contributed by atoms with Crippen molar-refractivity contribution in [3.63, 3.8) is 0 Å². The van der Waals surface area contributed by atoms with Gasteiger partial charge in [-0.05, 0) is 36.4 Å². The van der Waals surface area contributed by atoms with Crippen LogP contribution in [-0.2, 0) is 0 Å². The van der Waals surface area contributed by atoms with Gasteiger partial charge >= 0.3 is 0 Å². The van der Waals surface area contributed by atoms with E-state index in [1.165, 1.54) is 0 Å². The van der Waals surface area contributed by atoms with Crippen molar-refractivity contribution in [2.24, 2.45) is 0 Å². The summed E-state index contributed by atoms with van der Waals surface area (Å²) in [6.07, 6.45) is 0.493. The Morgan fingerprint density at radius 3 is 2.65 bits per heavy atom. The summed E-state index contributed by atoms with van der Waals surface area (Å²) in [7, 11) is 0. The molecule has 0 radical (unpaired) electrons. The average Bonchev–Trinajstić information content (AvgIpc) is 3.19. The van der Waals surface area contributed by atoms with Gasteiger partial charge in [-0.15, -0.1) is 0 Å². The van der Waals surface area contributed by atoms with Gasteiger partial charge in [-0.25, -0.2) is 4.98 Å². The van der Waals surface area contributed by atoms with Crippen molar-refractivity contribution in [1.29, 1.82) is 0 Å². The SMILES string of the molecule is C=C1Nc2ccc(-n3c(C(C)C)nc4ccc(C(=O)CC)cc43)cc2N1. The van der Waals surface area contributed by atoms with Gasteiger partial charge < -0.3 is 10.6 Å². The molecule has 0 atom stereocenters. The van der Waals surface area contributed by atoms with Gasteiger partial charge in [0.1, 0.15) is 11.6 Å². The zero-order chi connectivity index (χ0) is 18.4. The van der Waals surface area contributed by atoms with Gasteiger partial charge in [-0.2, -0.15) is 0 Å². The second-order valence-corrected chi connectivity index (χ2v) is 6.90. The quantitative estimate of drug-likeness (QED) is 0.649. The summed E-state index contributed by atoms with van der Waals surface area (Å²) < 4.78 is 2.15. The van der Waals surface area contributed by atoms with Crippen molar-refractivity contribution in [3.05, 3.63) is 60.2 Å². The number of nitrogens with one attached hydrogen (secondary N) is 2. The first-order chi connectivity index (χ1) is 12.5. The summed E-state index contributed by atoms with van der Waals surface area (Å²) >= 11 is 0. The van der Waals surface area contributed by atoms with Gasteiger partial charge in [-0.1, -0.05) is 27.4 Å². The predicted molar refractivity (Wildman–Crippen MR) is 106 cm³/mol. The molecule has 2 N–H and O–H groups in total. The molecule has 0 spiro atoms. The Kier molecular flexibility index (Phi) is 3.80. The molecule has 0 saturated heterocycles. The Bertz CT molecular complexity index is 1050. The molecule has 2 heterocycles. The highest BCUT2D eigenvalue weighted by Gasteiger charge is 2.19. The minimum Gasteiger partial charge on any atom is -0.341 e. The van der Waals surface area contributed by atoms with E-state index in [9.17, 15) is 4.79 Å². The van der Waals surface area contributed by atoms with Crippen LogP contribution in [0.2, 0.25) is 0 Å². The van der Waals surface area contributed by atoms with Crippen molar-refractivity contribution in [2.75, 3.05) is 10.6 Å². The Morgan fingerprint density at radius 2 is 1.92 bits per heavy atom. The van der Waals surface area contributed by atoms with Crippen molar-refractivity contribution in [1.82, 2.24) is 9.55 Å². The summed E-state index contributed by atoms with van der Waals surface area (Å²) in [6.45, 7) is 10.1. The molecule has 0 unspecified atom stereocenters. The highest BCUT2D eigenvalue weighted by atomic mass is 16.1. The van der Waals surface area contributed by atoms with E-state index in [0.29, 0.717) is 6.42 Å². The van der Waals surface area contributed by atoms with Gasteiger partial charge in [0.2, 0.25) is 0 Å². The minimum atomic E-state index is 0.141. The van der Waals surface area contributed by atoms with Crippen molar-refractivity contribution < 1.29 is 4.79 Å². The van der Waals surface area contributed by atoms with Gasteiger partial charge in [-0.3, -0.25) is 9.36 Å². The average molecular weight is 346 g/mol. The van der Waals surface area contributed by atoms with Crippen LogP contribution in [0.25, 0.3) is 16.7 Å². The van der Waals surface area contributed by atoms with Crippen LogP contribution in [0.15, 0.2) is 48.8 Å². The Labute approximate surface area is 152 Å². The van der Waals surface area contributed by atoms with E-state index in [-0.39, 0.29) is 11.7 Å². The Balaban J connectivity index is 1.95. The molecular formula is C21H22N4O. The number of Topliss-reactive ketones (excluding diaryl/α,β-unsaturated/α-hetero) is 1. The topological polar surface area (TPSA) is 59.0 Å². The number of benzene rings is 2. The zero-order valence-electron chi connectivity index (χ0n) is 15.3. The van der Waals surface area contributed by atoms with E-state index in [1.807, 2.05) is 31.2 Å². The smallest absolute Gasteiger partial charge is 0.162 e. The van der Waals surface area contributed by atoms with Crippen LogP contribution in [0.4, 0.5) is 11.4 Å². The molecule has 3 aromatic rings. The lowest BCUT2D eigenvalue weighted by Gasteiger charge is -2.13. The maximum Gasteiger partial charge on any atom is 0.162 e. The van der Waals surface area contributed by atoms with Crippen LogP contribution in [0.1, 0.15) is 49.3 Å². The second-order valence-electron chi connectivity index (χ2n) is 6.90. The molecule has 1 aliphatic rings. The van der Waals surface area contributed by atoms with Crippen LogP contribution in [0, 0.1) is 0 Å². The number of hydrogen-bond acceptors (Lipinski definition) is 4. The Hall–Kier alpha value is -3.08. The third kappa shape index (κ3) is 2.56. The molecule has 1 aromatic heterocycles. The van der Waals surface area contributed by atoms with Gasteiger partial charge in [0.15, 0.2) is 5.78 Å². The largest absolute Gasteiger partial charge is 0.341 e. The molecule has 26 heavy (non-hydrogen) atoms. The standard InChI is InChI=1S/C21H22N4O/c1-5-20(26)14-6-8-17-19(10-14)25(21(24-17)12(2)3)15-7-9-16-18(11-15)23-13(4)22-16/h6-12,22-23H,4-5H2,1-3H3. The number of hydrogen-bond donors (Lipinski definition) is 2. The summed E-state index contributed by atoms with van der Waals surface area (Å²) in [5, 5.41) is 6.44. The molecule has 2 aromatic carbocycles. The summed E-state index contributed by atoms with van der Waals surface area (Å²) in [6, 6.07) is 11.9. The number of nitrogens with zero attached hydrogens (tertiary/aromatic N) is 2. The van der Waals surface area contributed by atoms with Crippen LogP contribution in [0.5, 0.6) is 0 Å². The lowest BCUT2D eigenvalue weighted by atomic mass is 10.1. The van der Waals surface area contributed by atoms with Crippen LogP contribution in [0.3, 0.4) is 0 Å². The van der Waals surface area contributed by atoms with Gasteiger partial charge in [0.05, 0.1) is 22.4 Å². The number of anilines is 2. The molecule has 0 amide bonds. The number of carbonyl (C=O) groups is 1. The van der Waals surface area contributed by atoms with E-state index in [4.69, 9.17) is 4.98 Å². The van der Waals surface area contributed by atoms with Crippen molar-refractivity contribution >= 4 is 28.2 Å². The van der Waals surface area contributed by atoms with Crippen LogP contribution in [-0.4, -0.2) is 15.3 Å². The molecule has 5 nitrogen and oxygen atoms in total. The predicted octanol–water partition coefficient (Wildman–Crippen LogP) is 5.05. The maximum absolute atomic E-state index is 12.2. The van der Waals surface area contributed by atoms with Gasteiger partial charge in [0.25, 0.3) is 0 Å². The lowest BCUT2D eigenvalue weighted by Crippen LogP contribution is -2.04. The molecule has 5 heteroatoms. The van der Waals surface area contributed by atoms with Crippen LogP contribution >= 0.6 is 0 Å². The van der Waals surface area contributed by atoms with E-state index < -0.39 is 0 Å². The van der Waals surface area contributed by atoms with Crippen molar-refractivity contribution in [3.8, 4) is 5.69 Å². The zero-order valence-corrected chi connectivity index (χ0v) is 15.3. The maximum atomic E-state index is 12.2. The molecule has 0 aliphatic carbocycles. The molecule has 4 rings (SSSR count). The van der Waals surface area contributed by atoms with Crippen LogP contribution < -0.4 is 10.6 Å². The number of imidazole rings is 1. The third-order valence-corrected chi connectivity index (χ3v) is 4.67. The molecule has 0 saturated carbocycles. The number of carbonyl (C=O) groups excluding carboxylic acids is 1. The van der Waals surface area contributed by atoms with Gasteiger partial charge in [0, 0.05) is 23.6 Å². The highest BCUT2D eigenvalue weighted by molar-refractivity contribution is 5.99. The molecule has 132 valence electrons. The summed E-state index contributed by atoms with van der Waals surface area (Å²) in [5.41, 5.74) is 5.60. The monoisotopic (exact) mass is 346 g/mol. The summed E-state index contributed by atoms with van der Waals surface area (Å²) in [4.78, 5) is 17.0. The lowest BCUT2D eigenvalue weighted by molar-refractivity contribution is 0.0988. The number of ketones is 1. The highest BCUT2D eigenvalue weighted by Crippen LogP contribution is 2.34. The first kappa shape index (κ1) is 16.4. The van der Waals surface area contributed by atoms with E-state index in [0.717, 1.165) is 45.3 Å². The third-order valence-electron chi connectivity index (χ3n) is 4.67. The number of fused-ring (bicyclic) bond motifs is 2. The fourth-order valence-electron chi connectivity index (χ4n) is 3.37. The van der Waals surface area contributed by atoms with E-state index in [1.54, 1.807) is 0 Å². The van der Waals surface area contributed by atoms with E-state index in [2.05, 4.69) is 47.8 Å². The minimum absolute atomic E-state index is 0.141. The van der Waals surface area contributed by atoms with E-state index >= 15 is 0 Å². The summed E-state index contributed by atoms with van der Waals surface area (Å²) in [5.74, 6) is 2.14. The first-order valence-electron chi connectivity index (χ1n) is 8.91. The Morgan fingerprint density at radius 1 is 1.15 bits per heavy atom. The molecule has 1 aliphatic heterocycles. The van der Waals surface area contributed by atoms with Crippen molar-refractivity contribution in [2.45, 2.75) is 33.1 Å². The fraction of sp³-hybridized carbons (Fsp3) is 0.238. The molecule has 0 bridgehead atoms.